The quantitative estimate of drug-likeness (QED) is 0.674. The first-order valence-corrected chi connectivity index (χ1v) is 4.80. The van der Waals surface area contributed by atoms with Crippen LogP contribution in [0, 0.1) is 0 Å². The van der Waals surface area contributed by atoms with Gasteiger partial charge in [-0.2, -0.15) is 0 Å². The molecule has 0 amide bonds. The topological polar surface area (TPSA) is 0 Å². The monoisotopic (exact) mass is 262 g/mol. The number of hydrogen-bond donors (Lipinski definition) is 0. The molecule has 1 atom stereocenters. The number of benzene rings is 1. The Kier molecular flexibility index (Phi) is 2.93. The van der Waals surface area contributed by atoms with Crippen LogP contribution in [0.5, 0.6) is 0 Å². The standard InChI is InChI=1S/C8H8Br2/c1-6(9)7-3-2-4-8(10)5-7/h2-6H,1H3/t6-/m1/s1. The van der Waals surface area contributed by atoms with E-state index in [1.807, 2.05) is 12.1 Å². The van der Waals surface area contributed by atoms with Crippen molar-refractivity contribution in [3.63, 3.8) is 0 Å². The largest absolute Gasteiger partial charge is 0.0842 e. The van der Waals surface area contributed by atoms with E-state index in [-0.39, 0.29) is 0 Å². The summed E-state index contributed by atoms with van der Waals surface area (Å²) in [6.07, 6.45) is 0. The van der Waals surface area contributed by atoms with Gasteiger partial charge in [-0.25, -0.2) is 0 Å². The molecule has 0 N–H and O–H groups in total. The predicted octanol–water partition coefficient (Wildman–Crippen LogP) is 3.91. The molecule has 0 aliphatic heterocycles. The van der Waals surface area contributed by atoms with Gasteiger partial charge in [0, 0.05) is 9.30 Å². The zero-order chi connectivity index (χ0) is 7.56. The zero-order valence-corrected chi connectivity index (χ0v) is 8.81. The van der Waals surface area contributed by atoms with Crippen molar-refractivity contribution in [2.75, 3.05) is 0 Å². The second-order valence-electron chi connectivity index (χ2n) is 2.17. The van der Waals surface area contributed by atoms with E-state index >= 15 is 0 Å². The van der Waals surface area contributed by atoms with Crippen LogP contribution in [0.15, 0.2) is 28.7 Å². The van der Waals surface area contributed by atoms with E-state index < -0.39 is 0 Å². The molecule has 0 saturated carbocycles. The Morgan fingerprint density at radius 1 is 1.40 bits per heavy atom. The summed E-state index contributed by atoms with van der Waals surface area (Å²) in [5.74, 6) is 0. The van der Waals surface area contributed by atoms with E-state index in [9.17, 15) is 0 Å². The fraction of sp³-hybridized carbons (Fsp3) is 0.250. The smallest absolute Gasteiger partial charge is 0.0367 e. The molecule has 2 heteroatoms. The lowest BCUT2D eigenvalue weighted by atomic mass is 10.2. The van der Waals surface area contributed by atoms with Gasteiger partial charge in [0.05, 0.1) is 0 Å². The lowest BCUT2D eigenvalue weighted by molar-refractivity contribution is 1.12. The number of rotatable bonds is 1. The van der Waals surface area contributed by atoms with Crippen LogP contribution in [0.2, 0.25) is 0 Å². The summed E-state index contributed by atoms with van der Waals surface area (Å²) in [6, 6.07) is 8.28. The van der Waals surface area contributed by atoms with Crippen molar-refractivity contribution in [3.8, 4) is 0 Å². The minimum atomic E-state index is 0.435. The Morgan fingerprint density at radius 3 is 2.50 bits per heavy atom. The molecule has 1 aromatic rings. The predicted molar refractivity (Wildman–Crippen MR) is 51.5 cm³/mol. The third-order valence-corrected chi connectivity index (χ3v) is 2.33. The highest BCUT2D eigenvalue weighted by Gasteiger charge is 1.98. The molecule has 0 saturated heterocycles. The van der Waals surface area contributed by atoms with Crippen molar-refractivity contribution in [1.82, 2.24) is 0 Å². The molecule has 1 rings (SSSR count). The summed E-state index contributed by atoms with van der Waals surface area (Å²) in [4.78, 5) is 0.435. The molecule has 0 aliphatic carbocycles. The van der Waals surface area contributed by atoms with Gasteiger partial charge >= 0.3 is 0 Å². The highest BCUT2D eigenvalue weighted by Crippen LogP contribution is 2.23. The highest BCUT2D eigenvalue weighted by atomic mass is 79.9. The summed E-state index contributed by atoms with van der Waals surface area (Å²) in [5.41, 5.74) is 1.30. The summed E-state index contributed by atoms with van der Waals surface area (Å²) >= 11 is 6.91. The van der Waals surface area contributed by atoms with E-state index in [0.29, 0.717) is 4.83 Å². The molecule has 0 spiro atoms. The van der Waals surface area contributed by atoms with Gasteiger partial charge < -0.3 is 0 Å². The lowest BCUT2D eigenvalue weighted by Crippen LogP contribution is -1.81. The Hall–Kier alpha value is 0.180. The molecular formula is C8H8Br2. The van der Waals surface area contributed by atoms with Crippen LogP contribution in [0.1, 0.15) is 17.3 Å². The van der Waals surface area contributed by atoms with Gasteiger partial charge in [-0.15, -0.1) is 0 Å². The van der Waals surface area contributed by atoms with Gasteiger partial charge in [0.25, 0.3) is 0 Å². The number of halogens is 2. The van der Waals surface area contributed by atoms with E-state index in [1.54, 1.807) is 0 Å². The summed E-state index contributed by atoms with van der Waals surface area (Å²) in [5, 5.41) is 0. The zero-order valence-electron chi connectivity index (χ0n) is 5.64. The van der Waals surface area contributed by atoms with Crippen molar-refractivity contribution in [3.05, 3.63) is 34.3 Å². The van der Waals surface area contributed by atoms with Gasteiger partial charge in [-0.05, 0) is 24.6 Å². The molecule has 0 bridgehead atoms. The first-order chi connectivity index (χ1) is 4.70. The van der Waals surface area contributed by atoms with Gasteiger partial charge in [0.15, 0.2) is 0 Å². The molecule has 0 nitrogen and oxygen atoms in total. The Labute approximate surface area is 77.9 Å². The summed E-state index contributed by atoms with van der Waals surface area (Å²) in [6.45, 7) is 2.11. The molecule has 10 heavy (non-hydrogen) atoms. The van der Waals surface area contributed by atoms with Crippen LogP contribution in [-0.4, -0.2) is 0 Å². The Morgan fingerprint density at radius 2 is 2.10 bits per heavy atom. The lowest BCUT2D eigenvalue weighted by Gasteiger charge is -2.02. The molecule has 54 valence electrons. The van der Waals surface area contributed by atoms with E-state index in [4.69, 9.17) is 0 Å². The van der Waals surface area contributed by atoms with Crippen LogP contribution < -0.4 is 0 Å². The van der Waals surface area contributed by atoms with Gasteiger partial charge in [-0.3, -0.25) is 0 Å². The molecule has 0 heterocycles. The van der Waals surface area contributed by atoms with E-state index in [0.717, 1.165) is 4.47 Å². The summed E-state index contributed by atoms with van der Waals surface area (Å²) < 4.78 is 1.14. The first-order valence-electron chi connectivity index (χ1n) is 3.09. The molecule has 0 unspecified atom stereocenters. The van der Waals surface area contributed by atoms with Crippen LogP contribution in [0.25, 0.3) is 0 Å². The maximum Gasteiger partial charge on any atom is 0.0367 e. The van der Waals surface area contributed by atoms with Crippen LogP contribution in [0.3, 0.4) is 0 Å². The molecule has 0 radical (unpaired) electrons. The third kappa shape index (κ3) is 2.10. The average molecular weight is 264 g/mol. The van der Waals surface area contributed by atoms with Crippen LogP contribution in [-0.2, 0) is 0 Å². The van der Waals surface area contributed by atoms with Gasteiger partial charge in [-0.1, -0.05) is 44.0 Å². The normalized spacial score (nSPS) is 13.1. The average Bonchev–Trinajstić information content (AvgIpc) is 1.88. The maximum atomic E-state index is 3.50. The van der Waals surface area contributed by atoms with Crippen molar-refractivity contribution < 1.29 is 0 Å². The second-order valence-corrected chi connectivity index (χ2v) is 4.46. The Bertz CT molecular complexity index is 218. The van der Waals surface area contributed by atoms with Crippen molar-refractivity contribution in [1.29, 1.82) is 0 Å². The van der Waals surface area contributed by atoms with Gasteiger partial charge in [0.1, 0.15) is 0 Å². The van der Waals surface area contributed by atoms with Crippen LogP contribution in [0.4, 0.5) is 0 Å². The number of hydrogen-bond acceptors (Lipinski definition) is 0. The third-order valence-electron chi connectivity index (χ3n) is 1.31. The molecule has 0 aromatic heterocycles. The molecule has 0 aliphatic rings. The SMILES string of the molecule is C[C@@H](Br)c1cccc(Br)c1. The van der Waals surface area contributed by atoms with Crippen LogP contribution >= 0.6 is 31.9 Å². The molecular weight excluding hydrogens is 256 g/mol. The van der Waals surface area contributed by atoms with E-state index in [1.165, 1.54) is 5.56 Å². The van der Waals surface area contributed by atoms with Crippen molar-refractivity contribution in [2.45, 2.75) is 11.8 Å². The fourth-order valence-corrected chi connectivity index (χ4v) is 1.46. The molecule has 1 aromatic carbocycles. The minimum Gasteiger partial charge on any atom is -0.0842 e. The fourth-order valence-electron chi connectivity index (χ4n) is 0.754. The minimum absolute atomic E-state index is 0.435. The second kappa shape index (κ2) is 3.54. The van der Waals surface area contributed by atoms with Crippen molar-refractivity contribution in [2.24, 2.45) is 0 Å². The first kappa shape index (κ1) is 8.28. The van der Waals surface area contributed by atoms with E-state index in [2.05, 4.69) is 50.9 Å². The molecule has 0 fully saturated rings. The maximum absolute atomic E-state index is 3.50. The van der Waals surface area contributed by atoms with Crippen molar-refractivity contribution >= 4 is 31.9 Å². The Balaban J connectivity index is 2.96. The van der Waals surface area contributed by atoms with Gasteiger partial charge in [0.2, 0.25) is 0 Å². The highest BCUT2D eigenvalue weighted by molar-refractivity contribution is 9.10. The summed E-state index contributed by atoms with van der Waals surface area (Å²) in [7, 11) is 0. The number of alkyl halides is 1.